The Balaban J connectivity index is 2.38. The molecule has 6 heteroatoms. The summed E-state index contributed by atoms with van der Waals surface area (Å²) in [5, 5.41) is 3.08. The van der Waals surface area contributed by atoms with E-state index in [4.69, 9.17) is 0 Å². The van der Waals surface area contributed by atoms with Crippen LogP contribution in [0.1, 0.15) is 20.3 Å². The first-order valence-electron chi connectivity index (χ1n) is 6.15. The molecule has 1 fully saturated rings. The van der Waals surface area contributed by atoms with E-state index in [-0.39, 0.29) is 5.37 Å². The Morgan fingerprint density at radius 3 is 2.76 bits per heavy atom. The summed E-state index contributed by atoms with van der Waals surface area (Å²) in [6.45, 7) is 6.97. The summed E-state index contributed by atoms with van der Waals surface area (Å²) in [6, 6.07) is 0.498. The van der Waals surface area contributed by atoms with Gasteiger partial charge < -0.3 is 5.32 Å². The van der Waals surface area contributed by atoms with Crippen LogP contribution in [-0.2, 0) is 9.84 Å². The van der Waals surface area contributed by atoms with Gasteiger partial charge >= 0.3 is 0 Å². The fourth-order valence-electron chi connectivity index (χ4n) is 1.94. The van der Waals surface area contributed by atoms with Crippen molar-refractivity contribution in [2.75, 3.05) is 37.4 Å². The average Bonchev–Trinajstić information content (AvgIpc) is 2.23. The Morgan fingerprint density at radius 1 is 1.47 bits per heavy atom. The number of thioether (sulfide) groups is 1. The molecule has 1 unspecified atom stereocenters. The molecular weight excluding hydrogens is 256 g/mol. The van der Waals surface area contributed by atoms with E-state index in [0.717, 1.165) is 37.6 Å². The number of hydrogen-bond donors (Lipinski definition) is 1. The monoisotopic (exact) mass is 280 g/mol. The molecule has 0 radical (unpaired) electrons. The summed E-state index contributed by atoms with van der Waals surface area (Å²) < 4.78 is 23.3. The molecular formula is C11H24N2O2S2. The molecule has 1 N–H and O–H groups in total. The van der Waals surface area contributed by atoms with Gasteiger partial charge in [-0.2, -0.15) is 11.8 Å². The van der Waals surface area contributed by atoms with Crippen LogP contribution in [0.5, 0.6) is 0 Å². The highest BCUT2D eigenvalue weighted by Crippen LogP contribution is 2.20. The zero-order chi connectivity index (χ0) is 12.9. The van der Waals surface area contributed by atoms with Gasteiger partial charge in [0.1, 0.15) is 5.37 Å². The van der Waals surface area contributed by atoms with Crippen LogP contribution >= 0.6 is 11.8 Å². The number of hydrogen-bond acceptors (Lipinski definition) is 5. The molecule has 0 aromatic carbocycles. The van der Waals surface area contributed by atoms with Crippen LogP contribution in [-0.4, -0.2) is 62.1 Å². The van der Waals surface area contributed by atoms with E-state index in [9.17, 15) is 8.42 Å². The van der Waals surface area contributed by atoms with E-state index in [0.29, 0.717) is 6.04 Å². The van der Waals surface area contributed by atoms with Gasteiger partial charge in [0.15, 0.2) is 9.84 Å². The van der Waals surface area contributed by atoms with Gasteiger partial charge in [0.2, 0.25) is 0 Å². The predicted octanol–water partition coefficient (Wildman–Crippen LogP) is 0.794. The van der Waals surface area contributed by atoms with Gasteiger partial charge in [-0.05, 0) is 13.0 Å². The third-order valence-corrected chi connectivity index (χ3v) is 5.55. The van der Waals surface area contributed by atoms with Gasteiger partial charge in [-0.25, -0.2) is 8.42 Å². The first-order chi connectivity index (χ1) is 7.91. The quantitative estimate of drug-likeness (QED) is 0.729. The SMILES string of the molecule is CC(C)NCCCN1CCSCC1S(C)(=O)=O. The predicted molar refractivity (Wildman–Crippen MR) is 75.3 cm³/mol. The second kappa shape index (κ2) is 6.97. The third kappa shape index (κ3) is 5.59. The van der Waals surface area contributed by atoms with Crippen molar-refractivity contribution in [2.24, 2.45) is 0 Å². The summed E-state index contributed by atoms with van der Waals surface area (Å²) in [6.07, 6.45) is 2.36. The molecule has 1 rings (SSSR count). The molecule has 0 amide bonds. The first kappa shape index (κ1) is 15.3. The molecule has 1 heterocycles. The summed E-state index contributed by atoms with van der Waals surface area (Å²) in [7, 11) is -2.94. The fraction of sp³-hybridized carbons (Fsp3) is 1.00. The fourth-order valence-corrected chi connectivity index (χ4v) is 4.91. The summed E-state index contributed by atoms with van der Waals surface area (Å²) in [4.78, 5) is 2.12. The molecule has 1 atom stereocenters. The standard InChI is InChI=1S/C11H24N2O2S2/c1-10(2)12-5-4-6-13-7-8-16-9-11(13)17(3,14)15/h10-12H,4-9H2,1-3H3. The van der Waals surface area contributed by atoms with Crippen LogP contribution in [0.25, 0.3) is 0 Å². The molecule has 1 aliphatic heterocycles. The third-order valence-electron chi connectivity index (χ3n) is 2.86. The second-order valence-corrected chi connectivity index (χ2v) is 8.21. The maximum atomic E-state index is 11.7. The van der Waals surface area contributed by atoms with Crippen molar-refractivity contribution in [1.82, 2.24) is 10.2 Å². The normalized spacial score (nSPS) is 23.2. The average molecular weight is 280 g/mol. The lowest BCUT2D eigenvalue weighted by molar-refractivity contribution is 0.265. The van der Waals surface area contributed by atoms with Crippen molar-refractivity contribution >= 4 is 21.6 Å². The number of rotatable bonds is 6. The van der Waals surface area contributed by atoms with Crippen LogP contribution in [0.3, 0.4) is 0 Å². The maximum absolute atomic E-state index is 11.7. The largest absolute Gasteiger partial charge is 0.314 e. The number of sulfone groups is 1. The molecule has 1 aliphatic rings. The molecule has 0 saturated carbocycles. The van der Waals surface area contributed by atoms with Crippen LogP contribution in [0.4, 0.5) is 0 Å². The van der Waals surface area contributed by atoms with Crippen molar-refractivity contribution < 1.29 is 8.42 Å². The minimum atomic E-state index is -2.94. The van der Waals surface area contributed by atoms with Crippen LogP contribution in [0.2, 0.25) is 0 Å². The Bertz CT molecular complexity index is 317. The van der Waals surface area contributed by atoms with E-state index in [1.54, 1.807) is 11.8 Å². The second-order valence-electron chi connectivity index (χ2n) is 4.86. The first-order valence-corrected chi connectivity index (χ1v) is 9.26. The lowest BCUT2D eigenvalue weighted by atomic mass is 10.3. The van der Waals surface area contributed by atoms with Gasteiger partial charge in [-0.3, -0.25) is 4.90 Å². The summed E-state index contributed by atoms with van der Waals surface area (Å²) in [5.41, 5.74) is 0. The van der Waals surface area contributed by atoms with Crippen molar-refractivity contribution in [3.63, 3.8) is 0 Å². The highest BCUT2D eigenvalue weighted by Gasteiger charge is 2.30. The molecule has 0 spiro atoms. The molecule has 17 heavy (non-hydrogen) atoms. The zero-order valence-corrected chi connectivity index (χ0v) is 12.6. The highest BCUT2D eigenvalue weighted by atomic mass is 32.2. The Morgan fingerprint density at radius 2 is 2.18 bits per heavy atom. The van der Waals surface area contributed by atoms with E-state index in [1.165, 1.54) is 6.26 Å². The Hall–Kier alpha value is 0.220. The van der Waals surface area contributed by atoms with Crippen molar-refractivity contribution in [2.45, 2.75) is 31.7 Å². The lowest BCUT2D eigenvalue weighted by Gasteiger charge is -2.34. The van der Waals surface area contributed by atoms with Gasteiger partial charge in [-0.1, -0.05) is 13.8 Å². The van der Waals surface area contributed by atoms with Crippen molar-refractivity contribution in [3.05, 3.63) is 0 Å². The Kier molecular flexibility index (Phi) is 6.26. The highest BCUT2D eigenvalue weighted by molar-refractivity contribution is 8.00. The Labute approximate surface area is 109 Å². The van der Waals surface area contributed by atoms with Gasteiger partial charge in [0.25, 0.3) is 0 Å². The van der Waals surface area contributed by atoms with Crippen LogP contribution in [0, 0.1) is 0 Å². The summed E-state index contributed by atoms with van der Waals surface area (Å²) >= 11 is 1.74. The topological polar surface area (TPSA) is 49.4 Å². The molecule has 0 bridgehead atoms. The number of nitrogens with one attached hydrogen (secondary N) is 1. The number of nitrogens with zero attached hydrogens (tertiary/aromatic N) is 1. The van der Waals surface area contributed by atoms with Crippen LogP contribution < -0.4 is 5.32 Å². The molecule has 0 aromatic heterocycles. The van der Waals surface area contributed by atoms with Crippen molar-refractivity contribution in [1.29, 1.82) is 0 Å². The van der Waals surface area contributed by atoms with E-state index in [2.05, 4.69) is 24.1 Å². The van der Waals surface area contributed by atoms with Crippen molar-refractivity contribution in [3.8, 4) is 0 Å². The van der Waals surface area contributed by atoms with Gasteiger partial charge in [0, 0.05) is 36.9 Å². The van der Waals surface area contributed by atoms with Crippen LogP contribution in [0.15, 0.2) is 0 Å². The summed E-state index contributed by atoms with van der Waals surface area (Å²) in [5.74, 6) is 1.76. The zero-order valence-electron chi connectivity index (χ0n) is 11.0. The van der Waals surface area contributed by atoms with E-state index < -0.39 is 9.84 Å². The maximum Gasteiger partial charge on any atom is 0.164 e. The van der Waals surface area contributed by atoms with E-state index in [1.807, 2.05) is 0 Å². The molecule has 0 aliphatic carbocycles. The molecule has 4 nitrogen and oxygen atoms in total. The molecule has 102 valence electrons. The van der Waals surface area contributed by atoms with Gasteiger partial charge in [-0.15, -0.1) is 0 Å². The minimum Gasteiger partial charge on any atom is -0.314 e. The van der Waals surface area contributed by atoms with E-state index >= 15 is 0 Å². The minimum absolute atomic E-state index is 0.278. The van der Waals surface area contributed by atoms with Gasteiger partial charge in [0.05, 0.1) is 0 Å². The molecule has 1 saturated heterocycles. The smallest absolute Gasteiger partial charge is 0.164 e. The molecule has 0 aromatic rings. The lowest BCUT2D eigenvalue weighted by Crippen LogP contribution is -2.47.